The number of nitrogens with one attached hydrogen (secondary N) is 2. The topological polar surface area (TPSA) is 67.1 Å². The van der Waals surface area contributed by atoms with Crippen molar-refractivity contribution in [2.24, 2.45) is 0 Å². The van der Waals surface area contributed by atoms with Crippen molar-refractivity contribution < 1.29 is 17.6 Å². The molecule has 0 atom stereocenters. The summed E-state index contributed by atoms with van der Waals surface area (Å²) in [6, 6.07) is 3.62. The van der Waals surface area contributed by atoms with Crippen LogP contribution < -0.4 is 10.6 Å². The summed E-state index contributed by atoms with van der Waals surface area (Å²) in [7, 11) is 0. The van der Waals surface area contributed by atoms with Gasteiger partial charge in [-0.15, -0.1) is 0 Å². The Morgan fingerprint density at radius 2 is 1.94 bits per heavy atom. The van der Waals surface area contributed by atoms with Gasteiger partial charge < -0.3 is 10.6 Å². The first-order valence-electron chi connectivity index (χ1n) is 11.0. The van der Waals surface area contributed by atoms with Crippen LogP contribution >= 0.6 is 0 Å². The predicted octanol–water partition coefficient (Wildman–Crippen LogP) is 5.31. The number of anilines is 1. The summed E-state index contributed by atoms with van der Waals surface area (Å²) in [5.41, 5.74) is 4.56. The Balaban J connectivity index is 1.51. The average molecular weight is 475 g/mol. The molecule has 0 aliphatic heterocycles. The molecule has 34 heavy (non-hydrogen) atoms. The van der Waals surface area contributed by atoms with E-state index in [1.165, 1.54) is 0 Å². The smallest absolute Gasteiger partial charge is 0.255 e. The third-order valence-electron chi connectivity index (χ3n) is 6.02. The minimum atomic E-state index is -2.58. The van der Waals surface area contributed by atoms with E-state index in [4.69, 9.17) is 0 Å². The molecule has 1 saturated carbocycles. The monoisotopic (exact) mass is 474 g/mol. The second-order valence-electron chi connectivity index (χ2n) is 8.50. The number of alkyl halides is 4. The third-order valence-corrected chi connectivity index (χ3v) is 6.02. The van der Waals surface area contributed by atoms with Crippen molar-refractivity contribution in [2.75, 3.05) is 11.9 Å². The third kappa shape index (κ3) is 5.21. The second kappa shape index (κ2) is 9.44. The summed E-state index contributed by atoms with van der Waals surface area (Å²) in [5, 5.41) is 10.0. The number of hydrogen-bond acceptors (Lipinski definition) is 5. The molecule has 0 bridgehead atoms. The lowest BCUT2D eigenvalue weighted by Gasteiger charge is -2.28. The fraction of sp³-hybridized carbons (Fsp3) is 0.375. The van der Waals surface area contributed by atoms with Crippen molar-refractivity contribution >= 4 is 22.7 Å². The predicted molar refractivity (Wildman–Crippen MR) is 124 cm³/mol. The molecule has 3 heterocycles. The van der Waals surface area contributed by atoms with Gasteiger partial charge in [-0.25, -0.2) is 32.0 Å². The number of fused-ring (bicyclic) bond motifs is 1. The molecule has 0 saturated heterocycles. The average Bonchev–Trinajstić information content (AvgIpc) is 3.22. The highest BCUT2D eigenvalue weighted by atomic mass is 19.3. The molecule has 0 amide bonds. The van der Waals surface area contributed by atoms with Crippen LogP contribution in [0.25, 0.3) is 16.8 Å². The van der Waals surface area contributed by atoms with E-state index in [0.717, 1.165) is 11.1 Å². The molecular weight excluding hydrogens is 448 g/mol. The summed E-state index contributed by atoms with van der Waals surface area (Å²) in [6.07, 6.45) is 2.96. The Morgan fingerprint density at radius 3 is 2.62 bits per heavy atom. The quantitative estimate of drug-likeness (QED) is 0.433. The van der Waals surface area contributed by atoms with Crippen LogP contribution in [0.15, 0.2) is 43.9 Å². The highest BCUT2D eigenvalue weighted by Crippen LogP contribution is 2.34. The number of hydrogen-bond donors (Lipinski definition) is 2. The molecule has 0 unspecified atom stereocenters. The Kier molecular flexibility index (Phi) is 6.58. The highest BCUT2D eigenvalue weighted by molar-refractivity contribution is 5.83. The Hall–Kier alpha value is -3.43. The molecule has 2 N–H and O–H groups in total. The van der Waals surface area contributed by atoms with Gasteiger partial charge in [0.2, 0.25) is 11.9 Å². The van der Waals surface area contributed by atoms with E-state index in [2.05, 4.69) is 38.9 Å². The van der Waals surface area contributed by atoms with Crippen molar-refractivity contribution in [1.29, 1.82) is 0 Å². The minimum Gasteiger partial charge on any atom is -0.379 e. The van der Waals surface area contributed by atoms with E-state index in [9.17, 15) is 17.6 Å². The second-order valence-corrected chi connectivity index (χ2v) is 8.50. The number of nitrogens with zero attached hydrogens (tertiary/aromatic N) is 4. The largest absolute Gasteiger partial charge is 0.379 e. The van der Waals surface area contributed by atoms with Gasteiger partial charge >= 0.3 is 0 Å². The van der Waals surface area contributed by atoms with Gasteiger partial charge in [0.05, 0.1) is 24.0 Å². The van der Waals surface area contributed by atoms with Gasteiger partial charge in [-0.05, 0) is 43.0 Å². The molecule has 180 valence electrons. The van der Waals surface area contributed by atoms with Crippen LogP contribution in [0.5, 0.6) is 0 Å². The van der Waals surface area contributed by atoms with E-state index >= 15 is 0 Å². The lowest BCUT2D eigenvalue weighted by molar-refractivity contribution is -0.0361. The zero-order valence-corrected chi connectivity index (χ0v) is 18.8. The summed E-state index contributed by atoms with van der Waals surface area (Å²) >= 11 is 0. The summed E-state index contributed by atoms with van der Waals surface area (Å²) in [4.78, 5) is 8.88. The van der Waals surface area contributed by atoms with E-state index in [0.29, 0.717) is 46.8 Å². The van der Waals surface area contributed by atoms with Crippen LogP contribution in [-0.2, 0) is 0 Å². The number of halogens is 4. The maximum Gasteiger partial charge on any atom is 0.255 e. The molecule has 3 aromatic heterocycles. The van der Waals surface area contributed by atoms with Crippen molar-refractivity contribution in [2.45, 2.75) is 51.0 Å². The first-order chi connectivity index (χ1) is 16.1. The van der Waals surface area contributed by atoms with Crippen molar-refractivity contribution in [1.82, 2.24) is 24.9 Å². The first-order valence-corrected chi connectivity index (χ1v) is 11.0. The fourth-order valence-corrected chi connectivity index (χ4v) is 4.05. The van der Waals surface area contributed by atoms with Gasteiger partial charge in [0.1, 0.15) is 0 Å². The molecule has 6 nitrogen and oxygen atoms in total. The molecule has 1 fully saturated rings. The molecule has 0 spiro atoms. The van der Waals surface area contributed by atoms with Gasteiger partial charge in [0.25, 0.3) is 6.43 Å². The summed E-state index contributed by atoms with van der Waals surface area (Å²) < 4.78 is 53.5. The lowest BCUT2D eigenvalue weighted by atomic mass is 9.92. The molecule has 1 aliphatic rings. The molecule has 10 heteroatoms. The van der Waals surface area contributed by atoms with E-state index in [1.54, 1.807) is 23.1 Å². The SMILES string of the molecule is C=C(c1ccn2ncc(C(=C)NCC(F)F)c2c1)c1cnc(NC2CCC(F)(F)CC2)nc1C. The molecule has 1 aliphatic carbocycles. The molecule has 0 radical (unpaired) electrons. The van der Waals surface area contributed by atoms with Crippen LogP contribution in [0, 0.1) is 6.92 Å². The van der Waals surface area contributed by atoms with Crippen molar-refractivity contribution in [3.8, 4) is 0 Å². The Labute approximate surface area is 194 Å². The number of pyridine rings is 1. The summed E-state index contributed by atoms with van der Waals surface area (Å²) in [5.74, 6) is -2.18. The number of aryl methyl sites for hydroxylation is 1. The van der Waals surface area contributed by atoms with E-state index in [-0.39, 0.29) is 18.9 Å². The zero-order valence-electron chi connectivity index (χ0n) is 18.8. The molecule has 4 rings (SSSR count). The van der Waals surface area contributed by atoms with Crippen LogP contribution in [0.3, 0.4) is 0 Å². The standard InChI is InChI=1S/C24H26F4N6/c1-14(17-6-9-34-21(10-17)20(12-31-34)15(2)29-13-22(25)26)19-11-30-23(32-16(19)3)33-18-4-7-24(27,28)8-5-18/h6,9-12,18,22,29H,1-2,4-5,7-8,13H2,3H3,(H,30,32,33). The molecule has 3 aromatic rings. The number of aromatic nitrogens is 4. The Bertz CT molecular complexity index is 1210. The van der Waals surface area contributed by atoms with Gasteiger partial charge in [-0.2, -0.15) is 5.10 Å². The molecular formula is C24H26F4N6. The zero-order chi connectivity index (χ0) is 24.5. The van der Waals surface area contributed by atoms with Gasteiger partial charge in [0, 0.05) is 48.1 Å². The van der Waals surface area contributed by atoms with E-state index in [1.807, 2.05) is 19.1 Å². The van der Waals surface area contributed by atoms with Gasteiger partial charge in [-0.1, -0.05) is 13.2 Å². The maximum atomic E-state index is 13.4. The summed E-state index contributed by atoms with van der Waals surface area (Å²) in [6.45, 7) is 9.37. The van der Waals surface area contributed by atoms with Crippen LogP contribution in [0.2, 0.25) is 0 Å². The van der Waals surface area contributed by atoms with Gasteiger partial charge in [-0.3, -0.25) is 0 Å². The molecule has 0 aromatic carbocycles. The van der Waals surface area contributed by atoms with Gasteiger partial charge in [0.15, 0.2) is 0 Å². The highest BCUT2D eigenvalue weighted by Gasteiger charge is 2.35. The first kappa shape index (κ1) is 23.7. The fourth-order valence-electron chi connectivity index (χ4n) is 4.05. The minimum absolute atomic E-state index is 0.0810. The Morgan fingerprint density at radius 1 is 1.21 bits per heavy atom. The van der Waals surface area contributed by atoms with Crippen molar-refractivity contribution in [3.05, 3.63) is 66.3 Å². The maximum absolute atomic E-state index is 13.4. The van der Waals surface area contributed by atoms with E-state index < -0.39 is 18.9 Å². The normalized spacial score (nSPS) is 16.1. The van der Waals surface area contributed by atoms with Crippen LogP contribution in [0.1, 0.15) is 48.1 Å². The van der Waals surface area contributed by atoms with Crippen LogP contribution in [-0.4, -0.2) is 44.5 Å². The number of rotatable bonds is 8. The van der Waals surface area contributed by atoms with Crippen molar-refractivity contribution in [3.63, 3.8) is 0 Å². The van der Waals surface area contributed by atoms with Crippen LogP contribution in [0.4, 0.5) is 23.5 Å². The lowest BCUT2D eigenvalue weighted by Crippen LogP contribution is -2.32.